The number of benzene rings is 3. The molecule has 0 bridgehead atoms. The number of carbonyl (C=O) groups excluding carboxylic acids is 3. The molecule has 0 radical (unpaired) electrons. The summed E-state index contributed by atoms with van der Waals surface area (Å²) in [5.41, 5.74) is 1.53. The summed E-state index contributed by atoms with van der Waals surface area (Å²) >= 11 is 6.77. The molecule has 1 saturated carbocycles. The van der Waals surface area contributed by atoms with E-state index in [1.165, 1.54) is 95.2 Å². The number of halogens is 1. The number of phenolic OH excluding ortho intramolecular Hbond substituents is 1. The smallest absolute Gasteiger partial charge is 0.343 e. The number of unbranched alkanes of at least 4 members (excludes halogenated alkanes) is 9. The molecule has 1 unspecified atom stereocenters. The Hall–Kier alpha value is -5.46. The van der Waals surface area contributed by atoms with Crippen molar-refractivity contribution in [3.05, 3.63) is 70.2 Å². The summed E-state index contributed by atoms with van der Waals surface area (Å²) in [6.45, 7) is 1.69. The van der Waals surface area contributed by atoms with Crippen LogP contribution in [0.5, 0.6) is 17.2 Å². The van der Waals surface area contributed by atoms with Crippen molar-refractivity contribution in [1.82, 2.24) is 0 Å². The minimum absolute atomic E-state index is 0.0218. The number of urea groups is 1. The van der Waals surface area contributed by atoms with Gasteiger partial charge in [0, 0.05) is 17.8 Å². The number of amides is 3. The number of nitrogens with one attached hydrogen (secondary N) is 3. The van der Waals surface area contributed by atoms with Gasteiger partial charge in [-0.1, -0.05) is 102 Å². The number of hydrogen-bond donors (Lipinski definition) is 4. The standard InChI is InChI=1S/C44H54ClN5O7/c1-3-4-5-6-7-8-9-10-11-15-18-40(57-39-22-20-31(24-35(39)45)30-16-13-12-14-17-30)43(53)49-37-25-38(51)36(26-41(37)56-29-42(52)55-2)50-44(54)48-34-21-19-32(27-46)33(23-34)28-47/h19-26,30,40,51H,3-18,29H2,1-2H3,(H,49,53)(H2,48,50,54). The number of aromatic hydroxyl groups is 1. The number of hydrogen-bond acceptors (Lipinski definition) is 9. The Morgan fingerprint density at radius 1 is 0.807 bits per heavy atom. The van der Waals surface area contributed by atoms with Crippen LogP contribution in [-0.4, -0.2) is 42.8 Å². The molecule has 0 aliphatic heterocycles. The normalized spacial score (nSPS) is 13.1. The van der Waals surface area contributed by atoms with Gasteiger partial charge < -0.3 is 35.3 Å². The number of phenols is 1. The van der Waals surface area contributed by atoms with Crippen molar-refractivity contribution >= 4 is 46.6 Å². The molecule has 0 heterocycles. The van der Waals surface area contributed by atoms with Gasteiger partial charge in [0.1, 0.15) is 29.4 Å². The molecular formula is C44H54ClN5O7. The molecule has 3 aromatic carbocycles. The molecule has 1 aliphatic rings. The van der Waals surface area contributed by atoms with Crippen molar-refractivity contribution in [2.75, 3.05) is 29.7 Å². The predicted octanol–water partition coefficient (Wildman–Crippen LogP) is 10.7. The highest BCUT2D eigenvalue weighted by atomic mass is 35.5. The first kappa shape index (κ1) is 44.3. The van der Waals surface area contributed by atoms with Crippen molar-refractivity contribution < 1.29 is 33.7 Å². The number of carbonyl (C=O) groups is 3. The number of nitrogens with zero attached hydrogens (tertiary/aromatic N) is 2. The summed E-state index contributed by atoms with van der Waals surface area (Å²) in [7, 11) is 1.20. The van der Waals surface area contributed by atoms with E-state index in [1.54, 1.807) is 0 Å². The van der Waals surface area contributed by atoms with Crippen LogP contribution in [-0.2, 0) is 14.3 Å². The topological polar surface area (TPSA) is 183 Å². The molecule has 3 aromatic rings. The third-order valence-corrected chi connectivity index (χ3v) is 10.4. The molecule has 57 heavy (non-hydrogen) atoms. The molecule has 4 rings (SSSR count). The second-order valence-electron chi connectivity index (χ2n) is 14.4. The molecule has 13 heteroatoms. The molecule has 3 amide bonds. The summed E-state index contributed by atoms with van der Waals surface area (Å²) in [4.78, 5) is 39.0. The zero-order chi connectivity index (χ0) is 41.0. The van der Waals surface area contributed by atoms with Crippen LogP contribution in [0.4, 0.5) is 21.9 Å². The lowest BCUT2D eigenvalue weighted by atomic mass is 9.84. The highest BCUT2D eigenvalue weighted by Gasteiger charge is 2.25. The first-order valence-electron chi connectivity index (χ1n) is 20.0. The van der Waals surface area contributed by atoms with Gasteiger partial charge in [0.15, 0.2) is 12.7 Å². The second kappa shape index (κ2) is 23.6. The van der Waals surface area contributed by atoms with Crippen LogP contribution in [0, 0.1) is 22.7 Å². The molecule has 1 fully saturated rings. The molecule has 304 valence electrons. The lowest BCUT2D eigenvalue weighted by Crippen LogP contribution is -2.33. The Morgan fingerprint density at radius 2 is 1.49 bits per heavy atom. The van der Waals surface area contributed by atoms with Gasteiger partial charge in [-0.15, -0.1) is 0 Å². The minimum atomic E-state index is -0.957. The Balaban J connectivity index is 1.51. The lowest BCUT2D eigenvalue weighted by Gasteiger charge is -2.24. The summed E-state index contributed by atoms with van der Waals surface area (Å²) in [5.74, 6) is -0.842. The first-order valence-corrected chi connectivity index (χ1v) is 20.4. The average Bonchev–Trinajstić information content (AvgIpc) is 3.22. The maximum absolute atomic E-state index is 14.0. The van der Waals surface area contributed by atoms with Crippen molar-refractivity contribution in [1.29, 1.82) is 10.5 Å². The number of esters is 1. The predicted molar refractivity (Wildman–Crippen MR) is 221 cm³/mol. The summed E-state index contributed by atoms with van der Waals surface area (Å²) in [5, 5.41) is 37.8. The van der Waals surface area contributed by atoms with Crippen LogP contribution in [0.2, 0.25) is 5.02 Å². The van der Waals surface area contributed by atoms with Gasteiger partial charge in [0.25, 0.3) is 5.91 Å². The van der Waals surface area contributed by atoms with Crippen LogP contribution in [0.1, 0.15) is 132 Å². The number of methoxy groups -OCH3 is 1. The van der Waals surface area contributed by atoms with Gasteiger partial charge >= 0.3 is 12.0 Å². The number of rotatable bonds is 21. The monoisotopic (exact) mass is 799 g/mol. The van der Waals surface area contributed by atoms with E-state index in [9.17, 15) is 30.0 Å². The van der Waals surface area contributed by atoms with Gasteiger partial charge in [0.05, 0.1) is 34.6 Å². The van der Waals surface area contributed by atoms with Gasteiger partial charge in [-0.25, -0.2) is 9.59 Å². The Bertz CT molecular complexity index is 1900. The number of anilines is 3. The van der Waals surface area contributed by atoms with E-state index in [4.69, 9.17) is 25.8 Å². The van der Waals surface area contributed by atoms with Crippen molar-refractivity contribution in [2.24, 2.45) is 0 Å². The quantitative estimate of drug-likeness (QED) is 0.0463. The van der Waals surface area contributed by atoms with Gasteiger partial charge in [-0.3, -0.25) is 4.79 Å². The second-order valence-corrected chi connectivity index (χ2v) is 14.8. The third kappa shape index (κ3) is 14.2. The third-order valence-electron chi connectivity index (χ3n) is 10.1. The van der Waals surface area contributed by atoms with E-state index < -0.39 is 36.4 Å². The van der Waals surface area contributed by atoms with E-state index in [0.29, 0.717) is 23.1 Å². The van der Waals surface area contributed by atoms with E-state index in [0.717, 1.165) is 44.1 Å². The number of ether oxygens (including phenoxy) is 3. The zero-order valence-electron chi connectivity index (χ0n) is 33.0. The Morgan fingerprint density at radius 3 is 2.14 bits per heavy atom. The molecular weight excluding hydrogens is 746 g/mol. The van der Waals surface area contributed by atoms with Crippen molar-refractivity contribution in [2.45, 2.75) is 122 Å². The van der Waals surface area contributed by atoms with E-state index >= 15 is 0 Å². The highest BCUT2D eigenvalue weighted by molar-refractivity contribution is 6.32. The summed E-state index contributed by atoms with van der Waals surface area (Å²) in [6.07, 6.45) is 16.6. The minimum Gasteiger partial charge on any atom is -0.506 e. The summed E-state index contributed by atoms with van der Waals surface area (Å²) < 4.78 is 16.7. The van der Waals surface area contributed by atoms with Gasteiger partial charge in [0.2, 0.25) is 0 Å². The van der Waals surface area contributed by atoms with Crippen molar-refractivity contribution in [3.8, 4) is 29.4 Å². The van der Waals surface area contributed by atoms with Crippen LogP contribution < -0.4 is 25.4 Å². The number of nitriles is 2. The molecule has 1 aliphatic carbocycles. The largest absolute Gasteiger partial charge is 0.506 e. The molecule has 0 saturated heterocycles. The lowest BCUT2D eigenvalue weighted by molar-refractivity contribution is -0.142. The van der Waals surface area contributed by atoms with Gasteiger partial charge in [-0.2, -0.15) is 10.5 Å². The molecule has 1 atom stereocenters. The van der Waals surface area contributed by atoms with Crippen LogP contribution in [0.25, 0.3) is 0 Å². The molecule has 0 spiro atoms. The fraction of sp³-hybridized carbons (Fsp3) is 0.477. The van der Waals surface area contributed by atoms with Crippen molar-refractivity contribution in [3.63, 3.8) is 0 Å². The Kier molecular flexibility index (Phi) is 18.3. The van der Waals surface area contributed by atoms with Gasteiger partial charge in [-0.05, 0) is 67.5 Å². The molecule has 12 nitrogen and oxygen atoms in total. The van der Waals surface area contributed by atoms with Crippen LogP contribution >= 0.6 is 11.6 Å². The van der Waals surface area contributed by atoms with Crippen LogP contribution in [0.15, 0.2) is 48.5 Å². The first-order chi connectivity index (χ1) is 27.6. The Labute approximate surface area is 340 Å². The maximum atomic E-state index is 14.0. The zero-order valence-corrected chi connectivity index (χ0v) is 33.7. The average molecular weight is 800 g/mol. The molecule has 4 N–H and O–H groups in total. The fourth-order valence-electron chi connectivity index (χ4n) is 6.91. The van der Waals surface area contributed by atoms with Crippen LogP contribution in [0.3, 0.4) is 0 Å². The maximum Gasteiger partial charge on any atom is 0.343 e. The summed E-state index contributed by atoms with van der Waals surface area (Å²) in [6, 6.07) is 15.5. The SMILES string of the molecule is CCCCCCCCCCCCC(Oc1ccc(C2CCCCC2)cc1Cl)C(=O)Nc1cc(O)c(NC(=O)Nc2ccc(C#N)c(C#N)c2)cc1OCC(=O)OC. The fourth-order valence-corrected chi connectivity index (χ4v) is 7.14. The highest BCUT2D eigenvalue weighted by Crippen LogP contribution is 2.38. The van der Waals surface area contributed by atoms with E-state index in [1.807, 2.05) is 30.3 Å². The van der Waals surface area contributed by atoms with E-state index in [-0.39, 0.29) is 33.9 Å². The van der Waals surface area contributed by atoms with E-state index in [2.05, 4.69) is 22.9 Å². The molecule has 0 aromatic heterocycles.